The normalized spacial score (nSPS) is 28.3. The van der Waals surface area contributed by atoms with Crippen LogP contribution in [-0.4, -0.2) is 83.9 Å². The molecule has 10 nitrogen and oxygen atoms in total. The van der Waals surface area contributed by atoms with Crippen molar-refractivity contribution in [3.63, 3.8) is 0 Å². The average molecular weight is 519 g/mol. The lowest BCUT2D eigenvalue weighted by Crippen LogP contribution is -2.49. The Morgan fingerprint density at radius 2 is 1.24 bits per heavy atom. The van der Waals surface area contributed by atoms with Crippen LogP contribution in [0.2, 0.25) is 0 Å². The maximum atomic E-state index is 6.39. The van der Waals surface area contributed by atoms with Crippen LogP contribution in [0.15, 0.2) is 73.1 Å². The van der Waals surface area contributed by atoms with Gasteiger partial charge in [-0.15, -0.1) is 0 Å². The van der Waals surface area contributed by atoms with Crippen molar-refractivity contribution in [3.8, 4) is 11.8 Å². The molecule has 1 aromatic heterocycles. The summed E-state index contributed by atoms with van der Waals surface area (Å²) in [6.07, 6.45) is 0.962. The predicted molar refractivity (Wildman–Crippen MR) is 134 cm³/mol. The average Bonchev–Trinajstić information content (AvgIpc) is 3.72. The Balaban J connectivity index is 1.08. The van der Waals surface area contributed by atoms with Gasteiger partial charge in [0, 0.05) is 0 Å². The minimum absolute atomic E-state index is 0.249. The minimum Gasteiger partial charge on any atom is -0.475 e. The molecular formula is C28H30N4O6. The van der Waals surface area contributed by atoms with Crippen LogP contribution in [0.1, 0.15) is 23.6 Å². The number of hydrogen-bond donors (Lipinski definition) is 0. The van der Waals surface area contributed by atoms with E-state index in [9.17, 15) is 0 Å². The molecule has 10 heteroatoms. The SMILES string of the molecule is c1ccc([C@H]2OCC3(COc4cc(OCC56COCN5COC6)ncn4)CO[C@@H](c4ccccc4)N23)cc1. The van der Waals surface area contributed by atoms with E-state index < -0.39 is 5.54 Å². The summed E-state index contributed by atoms with van der Waals surface area (Å²) in [4.78, 5) is 13.1. The van der Waals surface area contributed by atoms with Gasteiger partial charge in [-0.05, 0) is 11.1 Å². The maximum absolute atomic E-state index is 6.39. The van der Waals surface area contributed by atoms with Crippen molar-refractivity contribution in [2.75, 3.05) is 53.1 Å². The summed E-state index contributed by atoms with van der Waals surface area (Å²) < 4.78 is 36.3. The van der Waals surface area contributed by atoms with Gasteiger partial charge in [-0.1, -0.05) is 60.7 Å². The van der Waals surface area contributed by atoms with Crippen molar-refractivity contribution in [2.45, 2.75) is 23.5 Å². The zero-order valence-electron chi connectivity index (χ0n) is 21.0. The summed E-state index contributed by atoms with van der Waals surface area (Å²) in [5, 5.41) is 0. The second-order valence-electron chi connectivity index (χ2n) is 10.3. The van der Waals surface area contributed by atoms with Crippen LogP contribution in [-0.2, 0) is 18.9 Å². The highest BCUT2D eigenvalue weighted by molar-refractivity contribution is 5.26. The third kappa shape index (κ3) is 4.23. The number of benzene rings is 2. The summed E-state index contributed by atoms with van der Waals surface area (Å²) in [5.41, 5.74) is 1.42. The van der Waals surface area contributed by atoms with E-state index in [0.29, 0.717) is 64.9 Å². The van der Waals surface area contributed by atoms with Crippen molar-refractivity contribution < 1.29 is 28.4 Å². The van der Waals surface area contributed by atoms with Crippen LogP contribution in [0.3, 0.4) is 0 Å². The first-order valence-corrected chi connectivity index (χ1v) is 12.8. The quantitative estimate of drug-likeness (QED) is 0.444. The topological polar surface area (TPSA) is 87.6 Å². The fourth-order valence-electron chi connectivity index (χ4n) is 5.65. The number of rotatable bonds is 8. The molecular weight excluding hydrogens is 488 g/mol. The molecule has 0 N–H and O–H groups in total. The number of hydrogen-bond acceptors (Lipinski definition) is 10. The fraction of sp³-hybridized carbons (Fsp3) is 0.429. The van der Waals surface area contributed by atoms with Crippen LogP contribution in [0.4, 0.5) is 0 Å². The molecule has 5 heterocycles. The Labute approximate surface area is 221 Å². The second kappa shape index (κ2) is 9.88. The molecule has 4 aliphatic heterocycles. The molecule has 0 saturated carbocycles. The van der Waals surface area contributed by atoms with Gasteiger partial charge < -0.3 is 28.4 Å². The van der Waals surface area contributed by atoms with Crippen LogP contribution >= 0.6 is 0 Å². The van der Waals surface area contributed by atoms with Crippen LogP contribution in [0.25, 0.3) is 0 Å². The Morgan fingerprint density at radius 3 is 1.79 bits per heavy atom. The number of aromatic nitrogens is 2. The zero-order chi connectivity index (χ0) is 25.4. The Hall–Kier alpha value is -3.12. The van der Waals surface area contributed by atoms with E-state index in [2.05, 4.69) is 44.0 Å². The molecule has 1 unspecified atom stereocenters. The molecule has 0 radical (unpaired) electrons. The van der Waals surface area contributed by atoms with E-state index in [1.54, 1.807) is 6.07 Å². The lowest BCUT2D eigenvalue weighted by molar-refractivity contribution is -0.0628. The lowest BCUT2D eigenvalue weighted by Gasteiger charge is -2.33. The van der Waals surface area contributed by atoms with Crippen molar-refractivity contribution >= 4 is 0 Å². The molecule has 0 aliphatic carbocycles. The first kappa shape index (κ1) is 24.0. The highest BCUT2D eigenvalue weighted by atomic mass is 16.6. The highest BCUT2D eigenvalue weighted by Gasteiger charge is 2.57. The molecule has 198 valence electrons. The third-order valence-electron chi connectivity index (χ3n) is 7.74. The van der Waals surface area contributed by atoms with Crippen LogP contribution in [0, 0.1) is 0 Å². The van der Waals surface area contributed by atoms with Gasteiger partial charge in [0.05, 0.1) is 32.5 Å². The van der Waals surface area contributed by atoms with Gasteiger partial charge in [-0.25, -0.2) is 19.8 Å². The number of nitrogens with zero attached hydrogens (tertiary/aromatic N) is 4. The molecule has 7 rings (SSSR count). The molecule has 3 aromatic rings. The maximum Gasteiger partial charge on any atom is 0.220 e. The summed E-state index contributed by atoms with van der Waals surface area (Å²) in [6.45, 7) is 3.97. The highest BCUT2D eigenvalue weighted by Crippen LogP contribution is 2.49. The summed E-state index contributed by atoms with van der Waals surface area (Å²) in [7, 11) is 0. The Bertz CT molecular complexity index is 1190. The smallest absolute Gasteiger partial charge is 0.220 e. The third-order valence-corrected chi connectivity index (χ3v) is 7.74. The van der Waals surface area contributed by atoms with Gasteiger partial charge in [0.2, 0.25) is 11.8 Å². The molecule has 0 bridgehead atoms. The Kier molecular flexibility index (Phi) is 6.23. The zero-order valence-corrected chi connectivity index (χ0v) is 21.0. The molecule has 38 heavy (non-hydrogen) atoms. The van der Waals surface area contributed by atoms with Crippen molar-refractivity contribution in [2.24, 2.45) is 0 Å². The fourth-order valence-corrected chi connectivity index (χ4v) is 5.65. The van der Waals surface area contributed by atoms with Gasteiger partial charge in [0.1, 0.15) is 56.5 Å². The van der Waals surface area contributed by atoms with E-state index in [0.717, 1.165) is 11.1 Å². The largest absolute Gasteiger partial charge is 0.475 e. The molecule has 4 saturated heterocycles. The Morgan fingerprint density at radius 1 is 0.711 bits per heavy atom. The van der Waals surface area contributed by atoms with Gasteiger partial charge in [-0.3, -0.25) is 0 Å². The van der Waals surface area contributed by atoms with Gasteiger partial charge in [0.15, 0.2) is 0 Å². The number of ether oxygens (including phenoxy) is 6. The standard InChI is InChI=1S/C28H30N4O6/c1-3-7-21(8-4-1)25-32-26(22-9-5-2-6-10-22)38-17-28(32,16-37-25)15-36-24-11-23(29-18-30-24)35-14-27-12-33-19-31(27)20-34-13-27/h1-11,18,25-26H,12-17,19-20H2/t25-,26+,28?. The first-order valence-electron chi connectivity index (χ1n) is 12.8. The minimum atomic E-state index is -0.477. The summed E-state index contributed by atoms with van der Waals surface area (Å²) >= 11 is 0. The second-order valence-corrected chi connectivity index (χ2v) is 10.3. The van der Waals surface area contributed by atoms with Crippen molar-refractivity contribution in [1.82, 2.24) is 19.8 Å². The molecule has 4 fully saturated rings. The van der Waals surface area contributed by atoms with Gasteiger partial charge in [-0.2, -0.15) is 0 Å². The lowest BCUT2D eigenvalue weighted by atomic mass is 10.0. The predicted octanol–water partition coefficient (Wildman–Crippen LogP) is 2.75. The van der Waals surface area contributed by atoms with E-state index in [4.69, 9.17) is 28.4 Å². The molecule has 2 aromatic carbocycles. The monoisotopic (exact) mass is 518 g/mol. The molecule has 4 aliphatic rings. The summed E-state index contributed by atoms with van der Waals surface area (Å²) in [5.74, 6) is 0.891. The van der Waals surface area contributed by atoms with E-state index in [-0.39, 0.29) is 18.0 Å². The molecule has 3 atom stereocenters. The molecule has 0 amide bonds. The van der Waals surface area contributed by atoms with Crippen molar-refractivity contribution in [1.29, 1.82) is 0 Å². The molecule has 0 spiro atoms. The number of fused-ring (bicyclic) bond motifs is 2. The van der Waals surface area contributed by atoms with E-state index in [1.807, 2.05) is 36.4 Å². The van der Waals surface area contributed by atoms with Crippen LogP contribution in [0.5, 0.6) is 11.8 Å². The van der Waals surface area contributed by atoms with E-state index in [1.165, 1.54) is 6.33 Å². The van der Waals surface area contributed by atoms with Crippen molar-refractivity contribution in [3.05, 3.63) is 84.2 Å². The first-order chi connectivity index (χ1) is 18.7. The van der Waals surface area contributed by atoms with Crippen LogP contribution < -0.4 is 9.47 Å². The van der Waals surface area contributed by atoms with Gasteiger partial charge >= 0.3 is 0 Å². The summed E-state index contributed by atoms with van der Waals surface area (Å²) in [6, 6.07) is 22.2. The van der Waals surface area contributed by atoms with E-state index >= 15 is 0 Å². The van der Waals surface area contributed by atoms with Gasteiger partial charge in [0.25, 0.3) is 0 Å².